The summed E-state index contributed by atoms with van der Waals surface area (Å²) in [4.78, 5) is 23.2. The molecule has 0 unspecified atom stereocenters. The van der Waals surface area contributed by atoms with Crippen molar-refractivity contribution in [1.82, 2.24) is 20.0 Å². The molecule has 0 fully saturated rings. The number of fused-ring (bicyclic) bond motifs is 1. The Labute approximate surface area is 135 Å². The van der Waals surface area contributed by atoms with Crippen LogP contribution in [0, 0.1) is 10.1 Å². The summed E-state index contributed by atoms with van der Waals surface area (Å²) >= 11 is 1.40. The Morgan fingerprint density at radius 3 is 2.65 bits per heavy atom. The maximum atomic E-state index is 11.4. The SMILES string of the molecule is CN(C)Nc1ncnc(Nc2nc3ccccc3s2)c1[N+](=O)[O-]. The predicted octanol–water partition coefficient (Wildman–Crippen LogP) is 2.63. The molecule has 10 heteroatoms. The zero-order valence-electron chi connectivity index (χ0n) is 12.3. The van der Waals surface area contributed by atoms with Gasteiger partial charge in [0.1, 0.15) is 6.33 Å². The van der Waals surface area contributed by atoms with Gasteiger partial charge in [0.05, 0.1) is 15.1 Å². The van der Waals surface area contributed by atoms with E-state index in [0.717, 1.165) is 10.2 Å². The Morgan fingerprint density at radius 1 is 1.22 bits per heavy atom. The number of anilines is 3. The summed E-state index contributed by atoms with van der Waals surface area (Å²) in [6.07, 6.45) is 1.26. The van der Waals surface area contributed by atoms with Crippen molar-refractivity contribution in [3.8, 4) is 0 Å². The van der Waals surface area contributed by atoms with Crippen LogP contribution in [0.15, 0.2) is 30.6 Å². The average molecular weight is 331 g/mol. The summed E-state index contributed by atoms with van der Waals surface area (Å²) in [5, 5.41) is 16.4. The molecule has 0 saturated carbocycles. The molecule has 9 nitrogen and oxygen atoms in total. The van der Waals surface area contributed by atoms with Crippen LogP contribution < -0.4 is 10.7 Å². The van der Waals surface area contributed by atoms with Crippen LogP contribution in [0.2, 0.25) is 0 Å². The minimum atomic E-state index is -0.526. The molecular weight excluding hydrogens is 318 g/mol. The molecule has 0 aliphatic carbocycles. The van der Waals surface area contributed by atoms with E-state index in [-0.39, 0.29) is 17.3 Å². The molecule has 2 aromatic heterocycles. The molecule has 3 rings (SSSR count). The van der Waals surface area contributed by atoms with Gasteiger partial charge in [-0.2, -0.15) is 0 Å². The predicted molar refractivity (Wildman–Crippen MR) is 88.9 cm³/mol. The lowest BCUT2D eigenvalue weighted by molar-refractivity contribution is -0.383. The molecule has 0 saturated heterocycles. The van der Waals surface area contributed by atoms with Gasteiger partial charge in [-0.15, -0.1) is 0 Å². The van der Waals surface area contributed by atoms with Crippen molar-refractivity contribution in [1.29, 1.82) is 0 Å². The van der Waals surface area contributed by atoms with Crippen molar-refractivity contribution in [3.63, 3.8) is 0 Å². The monoisotopic (exact) mass is 331 g/mol. The molecule has 23 heavy (non-hydrogen) atoms. The van der Waals surface area contributed by atoms with Crippen LogP contribution in [0.1, 0.15) is 0 Å². The number of nitrogens with one attached hydrogen (secondary N) is 2. The molecule has 0 atom stereocenters. The molecule has 2 heterocycles. The van der Waals surface area contributed by atoms with Gasteiger partial charge in [0.25, 0.3) is 0 Å². The van der Waals surface area contributed by atoms with Gasteiger partial charge in [0.2, 0.25) is 11.6 Å². The fraction of sp³-hybridized carbons (Fsp3) is 0.154. The van der Waals surface area contributed by atoms with E-state index >= 15 is 0 Å². The van der Waals surface area contributed by atoms with E-state index in [2.05, 4.69) is 25.7 Å². The lowest BCUT2D eigenvalue weighted by atomic mass is 10.3. The number of aromatic nitrogens is 3. The summed E-state index contributed by atoms with van der Waals surface area (Å²) in [7, 11) is 3.43. The van der Waals surface area contributed by atoms with E-state index in [1.54, 1.807) is 19.1 Å². The van der Waals surface area contributed by atoms with Crippen LogP contribution in [0.25, 0.3) is 10.2 Å². The van der Waals surface area contributed by atoms with Gasteiger partial charge in [-0.1, -0.05) is 23.5 Å². The largest absolute Gasteiger partial charge is 0.354 e. The highest BCUT2D eigenvalue weighted by Gasteiger charge is 2.24. The van der Waals surface area contributed by atoms with E-state index in [0.29, 0.717) is 5.13 Å². The highest BCUT2D eigenvalue weighted by atomic mass is 32.1. The number of nitrogens with zero attached hydrogens (tertiary/aromatic N) is 5. The molecule has 118 valence electrons. The number of hydrogen-bond acceptors (Lipinski definition) is 9. The van der Waals surface area contributed by atoms with Crippen LogP contribution in [-0.4, -0.2) is 39.0 Å². The first-order valence-corrected chi connectivity index (χ1v) is 7.42. The maximum Gasteiger partial charge on any atom is 0.354 e. The van der Waals surface area contributed by atoms with Crippen LogP contribution in [0.3, 0.4) is 0 Å². The minimum absolute atomic E-state index is 0.0911. The van der Waals surface area contributed by atoms with E-state index < -0.39 is 4.92 Å². The van der Waals surface area contributed by atoms with E-state index in [9.17, 15) is 10.1 Å². The molecule has 0 spiro atoms. The summed E-state index contributed by atoms with van der Waals surface area (Å²) in [5.41, 5.74) is 3.38. The summed E-state index contributed by atoms with van der Waals surface area (Å²) in [6.45, 7) is 0. The zero-order valence-corrected chi connectivity index (χ0v) is 13.2. The lowest BCUT2D eigenvalue weighted by Gasteiger charge is -2.13. The summed E-state index contributed by atoms with van der Waals surface area (Å²) < 4.78 is 0.985. The van der Waals surface area contributed by atoms with Crippen LogP contribution in [0.4, 0.5) is 22.5 Å². The van der Waals surface area contributed by atoms with Crippen molar-refractivity contribution in [2.24, 2.45) is 0 Å². The number of rotatable bonds is 5. The van der Waals surface area contributed by atoms with Gasteiger partial charge >= 0.3 is 5.69 Å². The number of thiazole rings is 1. The van der Waals surface area contributed by atoms with Gasteiger partial charge in [0, 0.05) is 14.1 Å². The number of hydrazine groups is 1. The number of benzene rings is 1. The third-order valence-electron chi connectivity index (χ3n) is 2.85. The number of nitro groups is 1. The second kappa shape index (κ2) is 6.10. The molecule has 3 aromatic rings. The van der Waals surface area contributed by atoms with Crippen molar-refractivity contribution >= 4 is 44.0 Å². The van der Waals surface area contributed by atoms with Crippen molar-refractivity contribution < 1.29 is 4.92 Å². The van der Waals surface area contributed by atoms with Crippen molar-refractivity contribution in [2.75, 3.05) is 24.8 Å². The molecule has 2 N–H and O–H groups in total. The normalized spacial score (nSPS) is 10.9. The fourth-order valence-corrected chi connectivity index (χ4v) is 2.83. The third-order valence-corrected chi connectivity index (χ3v) is 3.81. The van der Waals surface area contributed by atoms with E-state index in [1.165, 1.54) is 17.7 Å². The highest BCUT2D eigenvalue weighted by molar-refractivity contribution is 7.22. The first-order chi connectivity index (χ1) is 11.0. The quantitative estimate of drug-likeness (QED) is 0.542. The van der Waals surface area contributed by atoms with Crippen molar-refractivity contribution in [3.05, 3.63) is 40.7 Å². The fourth-order valence-electron chi connectivity index (χ4n) is 1.96. The second-order valence-corrected chi connectivity index (χ2v) is 5.83. The molecular formula is C13H13N7O2S. The lowest BCUT2D eigenvalue weighted by Crippen LogP contribution is -2.21. The van der Waals surface area contributed by atoms with E-state index in [4.69, 9.17) is 0 Å². The minimum Gasteiger partial charge on any atom is -0.310 e. The zero-order chi connectivity index (χ0) is 16.4. The van der Waals surface area contributed by atoms with Crippen molar-refractivity contribution in [2.45, 2.75) is 0 Å². The maximum absolute atomic E-state index is 11.4. The Kier molecular flexibility index (Phi) is 4.00. The van der Waals surface area contributed by atoms with Crippen LogP contribution >= 0.6 is 11.3 Å². The standard InChI is InChI=1S/C13H13N7O2S/c1-19(2)18-12-10(20(21)22)11(14-7-15-12)17-13-16-8-5-3-4-6-9(8)23-13/h3-7H,1-2H3,(H2,14,15,16,17,18). The molecule has 0 bridgehead atoms. The highest BCUT2D eigenvalue weighted by Crippen LogP contribution is 2.33. The van der Waals surface area contributed by atoms with Gasteiger partial charge in [-0.3, -0.25) is 15.5 Å². The molecule has 0 aliphatic rings. The Hall–Kier alpha value is -2.85. The summed E-state index contributed by atoms with van der Waals surface area (Å²) in [5.74, 6) is 0.201. The van der Waals surface area contributed by atoms with Gasteiger partial charge in [0.15, 0.2) is 5.13 Å². The Morgan fingerprint density at radius 2 is 1.96 bits per heavy atom. The topological polar surface area (TPSA) is 109 Å². The van der Waals surface area contributed by atoms with Crippen LogP contribution in [-0.2, 0) is 0 Å². The Bertz CT molecular complexity index is 831. The van der Waals surface area contributed by atoms with Gasteiger partial charge in [-0.25, -0.2) is 20.0 Å². The van der Waals surface area contributed by atoms with Gasteiger partial charge in [-0.05, 0) is 12.1 Å². The second-order valence-electron chi connectivity index (χ2n) is 4.79. The molecule has 0 amide bonds. The van der Waals surface area contributed by atoms with Gasteiger partial charge < -0.3 is 5.32 Å². The van der Waals surface area contributed by atoms with E-state index in [1.807, 2.05) is 24.3 Å². The smallest absolute Gasteiger partial charge is 0.310 e. The first kappa shape index (κ1) is 15.1. The molecule has 0 radical (unpaired) electrons. The third kappa shape index (κ3) is 3.17. The molecule has 1 aromatic carbocycles. The first-order valence-electron chi connectivity index (χ1n) is 6.60. The number of para-hydroxylation sites is 1. The Balaban J connectivity index is 2.00. The van der Waals surface area contributed by atoms with Crippen LogP contribution in [0.5, 0.6) is 0 Å². The average Bonchev–Trinajstić information content (AvgIpc) is 2.88. The summed E-state index contributed by atoms with van der Waals surface area (Å²) in [6, 6.07) is 7.62. The number of hydrogen-bond donors (Lipinski definition) is 2. The molecule has 0 aliphatic heterocycles.